The summed E-state index contributed by atoms with van der Waals surface area (Å²) in [5, 5.41) is 1.94. The molecule has 0 N–H and O–H groups in total. The summed E-state index contributed by atoms with van der Waals surface area (Å²) in [5.41, 5.74) is 4.63. The van der Waals surface area contributed by atoms with Gasteiger partial charge in [0.05, 0.1) is 23.9 Å². The van der Waals surface area contributed by atoms with Crippen LogP contribution in [-0.4, -0.2) is 33.1 Å². The quantitative estimate of drug-likeness (QED) is 0.647. The average molecular weight is 397 g/mol. The molecule has 1 unspecified atom stereocenters. The largest absolute Gasteiger partial charge is 0.477 e. The second kappa shape index (κ2) is 7.09. The number of halogens is 1. The first kappa shape index (κ1) is 17.5. The molecule has 0 spiro atoms. The number of nitrogens with zero attached hydrogens (tertiary/aromatic N) is 5. The van der Waals surface area contributed by atoms with Crippen LogP contribution in [0.3, 0.4) is 0 Å². The van der Waals surface area contributed by atoms with Crippen molar-refractivity contribution in [3.05, 3.63) is 46.3 Å². The molecule has 144 valence electrons. The Morgan fingerprint density at radius 3 is 2.93 bits per heavy atom. The lowest BCUT2D eigenvalue weighted by atomic mass is 9.99. The number of fused-ring (bicyclic) bond motifs is 1. The van der Waals surface area contributed by atoms with Gasteiger partial charge in [0.1, 0.15) is 17.3 Å². The molecule has 0 saturated heterocycles. The molecule has 0 amide bonds. The van der Waals surface area contributed by atoms with Gasteiger partial charge in [-0.3, -0.25) is 0 Å². The third-order valence-electron chi connectivity index (χ3n) is 5.28. The molecule has 2 aliphatic rings. The van der Waals surface area contributed by atoms with Crippen LogP contribution in [0.2, 0.25) is 0 Å². The predicted molar refractivity (Wildman–Crippen MR) is 105 cm³/mol. The third kappa shape index (κ3) is 3.44. The van der Waals surface area contributed by atoms with Crippen LogP contribution in [0.4, 0.5) is 10.2 Å². The second-order valence-corrected chi connectivity index (χ2v) is 8.04. The van der Waals surface area contributed by atoms with Gasteiger partial charge in [-0.25, -0.2) is 19.3 Å². The minimum atomic E-state index is -0.330. The van der Waals surface area contributed by atoms with E-state index in [2.05, 4.69) is 26.8 Å². The minimum absolute atomic E-state index is 0.00110. The van der Waals surface area contributed by atoms with Gasteiger partial charge in [-0.2, -0.15) is 4.98 Å². The standard InChI is InChI=1S/C20H20FN5OS/c1-12-15-8-22-20(17-10-28-11-23-17)24-16(15)4-5-26(12)18-6-14(21)7-19(25-18)27-9-13-2-3-13/h6-8,10-13H,2-5,9H2,1H3. The van der Waals surface area contributed by atoms with Crippen molar-refractivity contribution >= 4 is 17.2 Å². The molecule has 1 saturated carbocycles. The molecule has 5 rings (SSSR count). The van der Waals surface area contributed by atoms with E-state index in [-0.39, 0.29) is 11.9 Å². The first-order valence-corrected chi connectivity index (χ1v) is 10.4. The molecule has 6 nitrogen and oxygen atoms in total. The van der Waals surface area contributed by atoms with Crippen molar-refractivity contribution in [2.24, 2.45) is 5.92 Å². The van der Waals surface area contributed by atoms with E-state index in [1.54, 1.807) is 5.51 Å². The normalized spacial score (nSPS) is 18.8. The van der Waals surface area contributed by atoms with Crippen LogP contribution in [0.5, 0.6) is 5.88 Å². The summed E-state index contributed by atoms with van der Waals surface area (Å²) in [6, 6.07) is 2.83. The van der Waals surface area contributed by atoms with Gasteiger partial charge in [-0.15, -0.1) is 11.3 Å². The van der Waals surface area contributed by atoms with E-state index < -0.39 is 0 Å². The molecular formula is C20H20FN5OS. The molecular weight excluding hydrogens is 377 g/mol. The van der Waals surface area contributed by atoms with Crippen LogP contribution in [0.25, 0.3) is 11.5 Å². The molecule has 1 fully saturated rings. The zero-order valence-electron chi connectivity index (χ0n) is 15.5. The van der Waals surface area contributed by atoms with Crippen LogP contribution >= 0.6 is 11.3 Å². The van der Waals surface area contributed by atoms with Crippen molar-refractivity contribution in [1.82, 2.24) is 19.9 Å². The Kier molecular flexibility index (Phi) is 4.43. The minimum Gasteiger partial charge on any atom is -0.477 e. The molecule has 3 aromatic heterocycles. The first-order valence-electron chi connectivity index (χ1n) is 9.49. The van der Waals surface area contributed by atoms with Crippen molar-refractivity contribution in [2.45, 2.75) is 32.2 Å². The van der Waals surface area contributed by atoms with Crippen LogP contribution < -0.4 is 9.64 Å². The molecule has 0 bridgehead atoms. The molecule has 1 aliphatic carbocycles. The van der Waals surface area contributed by atoms with Crippen LogP contribution in [-0.2, 0) is 6.42 Å². The Morgan fingerprint density at radius 2 is 2.14 bits per heavy atom. The fraction of sp³-hybridized carbons (Fsp3) is 0.400. The van der Waals surface area contributed by atoms with Crippen molar-refractivity contribution < 1.29 is 9.13 Å². The van der Waals surface area contributed by atoms with Crippen molar-refractivity contribution in [1.29, 1.82) is 0 Å². The fourth-order valence-corrected chi connectivity index (χ4v) is 4.02. The van der Waals surface area contributed by atoms with E-state index in [1.165, 1.54) is 36.3 Å². The summed E-state index contributed by atoms with van der Waals surface area (Å²) in [6.45, 7) is 3.39. The maximum atomic E-state index is 14.2. The Labute approximate surface area is 166 Å². The summed E-state index contributed by atoms with van der Waals surface area (Å²) in [7, 11) is 0. The van der Waals surface area contributed by atoms with Gasteiger partial charge in [0.2, 0.25) is 5.88 Å². The molecule has 4 heterocycles. The summed E-state index contributed by atoms with van der Waals surface area (Å²) in [4.78, 5) is 20.1. The Balaban J connectivity index is 1.40. The molecule has 1 atom stereocenters. The van der Waals surface area contributed by atoms with E-state index in [0.29, 0.717) is 36.6 Å². The topological polar surface area (TPSA) is 64.0 Å². The number of hydrogen-bond donors (Lipinski definition) is 0. The van der Waals surface area contributed by atoms with Gasteiger partial charge >= 0.3 is 0 Å². The van der Waals surface area contributed by atoms with Gasteiger partial charge in [0, 0.05) is 42.2 Å². The zero-order chi connectivity index (χ0) is 19.1. The van der Waals surface area contributed by atoms with Crippen LogP contribution in [0, 0.1) is 11.7 Å². The highest BCUT2D eigenvalue weighted by Gasteiger charge is 2.28. The van der Waals surface area contributed by atoms with E-state index in [0.717, 1.165) is 23.4 Å². The number of aromatic nitrogens is 4. The van der Waals surface area contributed by atoms with Crippen molar-refractivity contribution in [3.63, 3.8) is 0 Å². The Morgan fingerprint density at radius 1 is 1.25 bits per heavy atom. The maximum absolute atomic E-state index is 14.2. The SMILES string of the molecule is CC1c2cnc(-c3cscn3)nc2CCN1c1cc(F)cc(OCC2CC2)n1. The molecule has 1 aliphatic heterocycles. The highest BCUT2D eigenvalue weighted by molar-refractivity contribution is 7.07. The second-order valence-electron chi connectivity index (χ2n) is 7.32. The fourth-order valence-electron chi connectivity index (χ4n) is 3.49. The average Bonchev–Trinajstić information content (AvgIpc) is 3.37. The van der Waals surface area contributed by atoms with Crippen LogP contribution in [0.1, 0.15) is 37.1 Å². The summed E-state index contributed by atoms with van der Waals surface area (Å²) in [6.07, 6.45) is 4.98. The third-order valence-corrected chi connectivity index (χ3v) is 5.87. The van der Waals surface area contributed by atoms with Crippen molar-refractivity contribution in [2.75, 3.05) is 18.1 Å². The van der Waals surface area contributed by atoms with Gasteiger partial charge in [-0.1, -0.05) is 0 Å². The molecule has 28 heavy (non-hydrogen) atoms. The molecule has 3 aromatic rings. The Bertz CT molecular complexity index is 992. The van der Waals surface area contributed by atoms with E-state index in [4.69, 9.17) is 9.72 Å². The number of ether oxygens (including phenoxy) is 1. The van der Waals surface area contributed by atoms with E-state index >= 15 is 0 Å². The highest BCUT2D eigenvalue weighted by atomic mass is 32.1. The predicted octanol–water partition coefficient (Wildman–Crippen LogP) is 4.05. The van der Waals surface area contributed by atoms with Crippen molar-refractivity contribution in [3.8, 4) is 17.4 Å². The molecule has 0 radical (unpaired) electrons. The lowest BCUT2D eigenvalue weighted by Gasteiger charge is -2.35. The highest BCUT2D eigenvalue weighted by Crippen LogP contribution is 2.34. The summed E-state index contributed by atoms with van der Waals surface area (Å²) >= 11 is 1.53. The number of thiazole rings is 1. The van der Waals surface area contributed by atoms with E-state index in [9.17, 15) is 4.39 Å². The monoisotopic (exact) mass is 397 g/mol. The maximum Gasteiger partial charge on any atom is 0.218 e. The summed E-state index contributed by atoms with van der Waals surface area (Å²) in [5.74, 6) is 1.87. The van der Waals surface area contributed by atoms with Gasteiger partial charge in [0.15, 0.2) is 5.82 Å². The zero-order valence-corrected chi connectivity index (χ0v) is 16.3. The Hall–Kier alpha value is -2.61. The number of hydrogen-bond acceptors (Lipinski definition) is 7. The first-order chi connectivity index (χ1) is 13.7. The lowest BCUT2D eigenvalue weighted by Crippen LogP contribution is -2.35. The smallest absolute Gasteiger partial charge is 0.218 e. The number of anilines is 1. The molecule has 8 heteroatoms. The van der Waals surface area contributed by atoms with E-state index in [1.807, 2.05) is 11.6 Å². The van der Waals surface area contributed by atoms with Crippen LogP contribution in [0.15, 0.2) is 29.2 Å². The lowest BCUT2D eigenvalue weighted by molar-refractivity contribution is 0.287. The number of rotatable bonds is 5. The number of pyridine rings is 1. The van der Waals surface area contributed by atoms with Gasteiger partial charge in [-0.05, 0) is 25.7 Å². The van der Waals surface area contributed by atoms with Gasteiger partial charge in [0.25, 0.3) is 0 Å². The summed E-state index contributed by atoms with van der Waals surface area (Å²) < 4.78 is 19.9. The molecule has 0 aromatic carbocycles. The van der Waals surface area contributed by atoms with Gasteiger partial charge < -0.3 is 9.64 Å².